The molecule has 1 aromatic rings. The minimum absolute atomic E-state index is 0.870. The van der Waals surface area contributed by atoms with Crippen molar-refractivity contribution in [3.8, 4) is 0 Å². The second-order valence-electron chi connectivity index (χ2n) is 3.11. The van der Waals surface area contributed by atoms with Crippen LogP contribution in [-0.2, 0) is 6.54 Å². The summed E-state index contributed by atoms with van der Waals surface area (Å²) in [4.78, 5) is 6.03. The van der Waals surface area contributed by atoms with Crippen LogP contribution in [0.25, 0.3) is 0 Å². The van der Waals surface area contributed by atoms with Crippen LogP contribution >= 0.6 is 12.2 Å². The number of hydrogen-bond donors (Lipinski definition) is 0. The molecule has 13 heavy (non-hydrogen) atoms. The third-order valence-corrected chi connectivity index (χ3v) is 1.68. The molecule has 0 aliphatic heterocycles. The molecule has 0 N–H and O–H groups in total. The molecule has 0 amide bonds. The van der Waals surface area contributed by atoms with Crippen molar-refractivity contribution in [1.82, 2.24) is 4.90 Å². The second kappa shape index (κ2) is 4.87. The van der Waals surface area contributed by atoms with Crippen molar-refractivity contribution in [3.05, 3.63) is 29.8 Å². The van der Waals surface area contributed by atoms with Crippen LogP contribution in [0.2, 0.25) is 0 Å². The highest BCUT2D eigenvalue weighted by molar-refractivity contribution is 7.78. The minimum Gasteiger partial charge on any atom is -0.305 e. The third kappa shape index (κ3) is 3.47. The van der Waals surface area contributed by atoms with Gasteiger partial charge >= 0.3 is 0 Å². The van der Waals surface area contributed by atoms with Crippen LogP contribution in [0.1, 0.15) is 5.56 Å². The lowest BCUT2D eigenvalue weighted by Crippen LogP contribution is -2.10. The predicted molar refractivity (Wildman–Crippen MR) is 58.5 cm³/mol. The average molecular weight is 192 g/mol. The zero-order valence-electron chi connectivity index (χ0n) is 7.82. The van der Waals surface area contributed by atoms with Gasteiger partial charge in [-0.25, -0.2) is 0 Å². The zero-order valence-corrected chi connectivity index (χ0v) is 8.64. The summed E-state index contributed by atoms with van der Waals surface area (Å²) in [6, 6.07) is 7.98. The number of thiocarbonyl (C=S) groups is 1. The Labute approximate surface area is 83.9 Å². The lowest BCUT2D eigenvalue weighted by molar-refractivity contribution is 0.402. The molecule has 0 fully saturated rings. The Hall–Kier alpha value is -1.02. The first-order chi connectivity index (χ1) is 6.22. The topological polar surface area (TPSA) is 15.6 Å². The van der Waals surface area contributed by atoms with Crippen molar-refractivity contribution in [3.63, 3.8) is 0 Å². The third-order valence-electron chi connectivity index (χ3n) is 1.58. The van der Waals surface area contributed by atoms with Crippen molar-refractivity contribution < 1.29 is 0 Å². The quantitative estimate of drug-likeness (QED) is 0.540. The molecule has 0 saturated carbocycles. The molecule has 3 heteroatoms. The van der Waals surface area contributed by atoms with E-state index in [0.29, 0.717) is 0 Å². The summed E-state index contributed by atoms with van der Waals surface area (Å²) in [5.41, 5.74) is 2.10. The van der Waals surface area contributed by atoms with Gasteiger partial charge in [0.05, 0.1) is 10.8 Å². The summed E-state index contributed by atoms with van der Waals surface area (Å²) in [7, 11) is 4.07. The molecule has 0 unspecified atom stereocenters. The van der Waals surface area contributed by atoms with Crippen LogP contribution < -0.4 is 0 Å². The summed E-state index contributed by atoms with van der Waals surface area (Å²) in [5, 5.41) is 2.36. The summed E-state index contributed by atoms with van der Waals surface area (Å²) in [6.07, 6.45) is 0. The Morgan fingerprint density at radius 3 is 2.85 bits per heavy atom. The van der Waals surface area contributed by atoms with Crippen molar-refractivity contribution in [2.45, 2.75) is 6.54 Å². The Morgan fingerprint density at radius 2 is 2.23 bits per heavy atom. The Kier molecular flexibility index (Phi) is 3.77. The predicted octanol–water partition coefficient (Wildman–Crippen LogP) is 2.48. The monoisotopic (exact) mass is 192 g/mol. The Bertz CT molecular complexity index is 327. The van der Waals surface area contributed by atoms with Gasteiger partial charge in [-0.1, -0.05) is 12.1 Å². The van der Waals surface area contributed by atoms with E-state index in [0.717, 1.165) is 12.2 Å². The van der Waals surface area contributed by atoms with Gasteiger partial charge < -0.3 is 4.90 Å². The van der Waals surface area contributed by atoms with Gasteiger partial charge in [-0.3, -0.25) is 0 Å². The molecule has 0 bridgehead atoms. The average Bonchev–Trinajstić information content (AvgIpc) is 2.04. The van der Waals surface area contributed by atoms with Crippen molar-refractivity contribution in [2.24, 2.45) is 4.99 Å². The van der Waals surface area contributed by atoms with E-state index in [1.54, 1.807) is 0 Å². The smallest absolute Gasteiger partial charge is 0.0742 e. The number of hydrogen-bond acceptors (Lipinski definition) is 3. The van der Waals surface area contributed by atoms with E-state index in [2.05, 4.69) is 33.3 Å². The first-order valence-corrected chi connectivity index (χ1v) is 4.45. The summed E-state index contributed by atoms with van der Waals surface area (Å²) in [6.45, 7) is 0.917. The molecular formula is C10H12N2S. The minimum atomic E-state index is 0.870. The molecular weight excluding hydrogens is 180 g/mol. The van der Waals surface area contributed by atoms with Gasteiger partial charge in [0.2, 0.25) is 0 Å². The number of nitrogens with zero attached hydrogens (tertiary/aromatic N) is 2. The van der Waals surface area contributed by atoms with Gasteiger partial charge in [-0.05, 0) is 44.0 Å². The molecule has 0 aliphatic carbocycles. The van der Waals surface area contributed by atoms with Gasteiger partial charge in [0, 0.05) is 6.54 Å². The normalized spacial score (nSPS) is 9.77. The van der Waals surface area contributed by atoms with E-state index in [1.807, 2.05) is 32.3 Å². The van der Waals surface area contributed by atoms with Crippen molar-refractivity contribution in [2.75, 3.05) is 14.1 Å². The number of rotatable bonds is 3. The first kappa shape index (κ1) is 10.1. The first-order valence-electron chi connectivity index (χ1n) is 4.04. The largest absolute Gasteiger partial charge is 0.305 e. The van der Waals surface area contributed by atoms with E-state index in [9.17, 15) is 0 Å². The van der Waals surface area contributed by atoms with Gasteiger partial charge in [0.1, 0.15) is 0 Å². The number of benzene rings is 1. The Balaban J connectivity index is 2.85. The van der Waals surface area contributed by atoms with Gasteiger partial charge in [0.25, 0.3) is 0 Å². The van der Waals surface area contributed by atoms with Crippen LogP contribution in [0.4, 0.5) is 5.69 Å². The Morgan fingerprint density at radius 1 is 1.46 bits per heavy atom. The van der Waals surface area contributed by atoms with E-state index in [1.165, 1.54) is 5.56 Å². The van der Waals surface area contributed by atoms with E-state index in [-0.39, 0.29) is 0 Å². The van der Waals surface area contributed by atoms with Gasteiger partial charge in [0.15, 0.2) is 0 Å². The fourth-order valence-electron chi connectivity index (χ4n) is 1.14. The second-order valence-corrected chi connectivity index (χ2v) is 3.29. The molecule has 1 aromatic carbocycles. The summed E-state index contributed by atoms with van der Waals surface area (Å²) < 4.78 is 0. The summed E-state index contributed by atoms with van der Waals surface area (Å²) in [5.74, 6) is 0. The van der Waals surface area contributed by atoms with Crippen molar-refractivity contribution in [1.29, 1.82) is 0 Å². The molecule has 0 aliphatic rings. The summed E-state index contributed by atoms with van der Waals surface area (Å²) >= 11 is 4.54. The van der Waals surface area contributed by atoms with E-state index >= 15 is 0 Å². The van der Waals surface area contributed by atoms with Crippen LogP contribution in [-0.4, -0.2) is 24.2 Å². The highest BCUT2D eigenvalue weighted by atomic mass is 32.1. The number of isothiocyanates is 1. The van der Waals surface area contributed by atoms with E-state index in [4.69, 9.17) is 0 Å². The van der Waals surface area contributed by atoms with E-state index < -0.39 is 0 Å². The highest BCUT2D eigenvalue weighted by Crippen LogP contribution is 2.13. The maximum atomic E-state index is 4.54. The fourth-order valence-corrected chi connectivity index (χ4v) is 1.25. The maximum absolute atomic E-state index is 4.54. The SMILES string of the molecule is CN(C)Cc1cccc(N=C=S)c1. The van der Waals surface area contributed by atoms with Crippen LogP contribution in [0, 0.1) is 0 Å². The van der Waals surface area contributed by atoms with Crippen molar-refractivity contribution >= 4 is 23.1 Å². The fraction of sp³-hybridized carbons (Fsp3) is 0.300. The standard InChI is InChI=1S/C10H12N2S/c1-12(2)7-9-4-3-5-10(6-9)11-8-13/h3-6H,7H2,1-2H3. The van der Waals surface area contributed by atoms with Crippen LogP contribution in [0.5, 0.6) is 0 Å². The molecule has 0 radical (unpaired) electrons. The highest BCUT2D eigenvalue weighted by Gasteiger charge is 1.95. The zero-order chi connectivity index (χ0) is 9.68. The molecule has 0 atom stereocenters. The van der Waals surface area contributed by atoms with Gasteiger partial charge in [-0.15, -0.1) is 0 Å². The molecule has 0 heterocycles. The molecule has 0 spiro atoms. The molecule has 1 rings (SSSR count). The van der Waals surface area contributed by atoms with Crippen LogP contribution in [0.3, 0.4) is 0 Å². The lowest BCUT2D eigenvalue weighted by atomic mass is 10.2. The number of aliphatic imine (C=N–C) groups is 1. The maximum Gasteiger partial charge on any atom is 0.0742 e. The van der Waals surface area contributed by atoms with Crippen LogP contribution in [0.15, 0.2) is 29.3 Å². The molecule has 2 nitrogen and oxygen atoms in total. The molecule has 0 aromatic heterocycles. The molecule has 0 saturated heterocycles. The lowest BCUT2D eigenvalue weighted by Gasteiger charge is -2.09. The molecule has 68 valence electrons. The van der Waals surface area contributed by atoms with Gasteiger partial charge in [-0.2, -0.15) is 4.99 Å².